The van der Waals surface area contributed by atoms with E-state index in [1.54, 1.807) is 0 Å². The Kier molecular flexibility index (Phi) is 3.22. The summed E-state index contributed by atoms with van der Waals surface area (Å²) in [5, 5.41) is 16.6. The van der Waals surface area contributed by atoms with Crippen LogP contribution in [0.5, 0.6) is 0 Å². The summed E-state index contributed by atoms with van der Waals surface area (Å²) in [6, 6.07) is 3.83. The van der Waals surface area contributed by atoms with Gasteiger partial charge in [0.15, 0.2) is 0 Å². The molecular weight excluding hydrogens is 273 g/mol. The van der Waals surface area contributed by atoms with Gasteiger partial charge in [-0.05, 0) is 24.6 Å². The van der Waals surface area contributed by atoms with E-state index in [-0.39, 0.29) is 11.1 Å². The summed E-state index contributed by atoms with van der Waals surface area (Å²) in [7, 11) is 0. The number of hydrogen-bond acceptors (Lipinski definition) is 5. The lowest BCUT2D eigenvalue weighted by atomic mass is 10.2. The molecule has 0 spiro atoms. The van der Waals surface area contributed by atoms with Gasteiger partial charge in [-0.15, -0.1) is 0 Å². The van der Waals surface area contributed by atoms with Gasteiger partial charge in [-0.3, -0.25) is 0 Å². The highest BCUT2D eigenvalue weighted by Gasteiger charge is 2.28. The Bertz CT molecular complexity index is 604. The molecular formula is C12H11ClFN3O2. The zero-order valence-electron chi connectivity index (χ0n) is 9.81. The van der Waals surface area contributed by atoms with Gasteiger partial charge in [-0.25, -0.2) is 4.39 Å². The lowest BCUT2D eigenvalue weighted by molar-refractivity contribution is 0.191. The summed E-state index contributed by atoms with van der Waals surface area (Å²) in [4.78, 5) is 4.23. The molecule has 0 amide bonds. The smallest absolute Gasteiger partial charge is 0.244 e. The predicted octanol–water partition coefficient (Wildman–Crippen LogP) is 1.92. The van der Waals surface area contributed by atoms with Gasteiger partial charge in [0.1, 0.15) is 5.82 Å². The molecule has 19 heavy (non-hydrogen) atoms. The van der Waals surface area contributed by atoms with Crippen LogP contribution in [0.2, 0.25) is 5.02 Å². The highest BCUT2D eigenvalue weighted by atomic mass is 35.5. The highest BCUT2D eigenvalue weighted by molar-refractivity contribution is 6.33. The highest BCUT2D eigenvalue weighted by Crippen LogP contribution is 2.28. The summed E-state index contributed by atoms with van der Waals surface area (Å²) in [5.74, 6) is 0.285. The van der Waals surface area contributed by atoms with Crippen LogP contribution in [0, 0.1) is 5.82 Å². The van der Waals surface area contributed by atoms with Crippen LogP contribution in [0.25, 0.3) is 11.4 Å². The first-order chi connectivity index (χ1) is 9.13. The number of nitrogens with one attached hydrogen (secondary N) is 1. The maximum Gasteiger partial charge on any atom is 0.244 e. The van der Waals surface area contributed by atoms with Gasteiger partial charge >= 0.3 is 0 Å². The number of aliphatic hydroxyl groups is 1. The lowest BCUT2D eigenvalue weighted by Gasteiger charge is -2.01. The predicted molar refractivity (Wildman–Crippen MR) is 66.1 cm³/mol. The van der Waals surface area contributed by atoms with Crippen LogP contribution >= 0.6 is 11.6 Å². The zero-order valence-corrected chi connectivity index (χ0v) is 10.6. The Morgan fingerprint density at radius 2 is 2.32 bits per heavy atom. The molecule has 1 aliphatic rings. The van der Waals surface area contributed by atoms with Crippen LogP contribution in [-0.4, -0.2) is 27.9 Å². The second-order valence-corrected chi connectivity index (χ2v) is 4.84. The fourth-order valence-corrected chi connectivity index (χ4v) is 2.31. The normalized spacial score (nSPS) is 22.9. The maximum atomic E-state index is 13.0. The van der Waals surface area contributed by atoms with E-state index < -0.39 is 11.9 Å². The van der Waals surface area contributed by atoms with Gasteiger partial charge in [0.05, 0.1) is 17.2 Å². The average Bonchev–Trinajstić information content (AvgIpc) is 2.97. The molecule has 0 unspecified atom stereocenters. The topological polar surface area (TPSA) is 71.2 Å². The first kappa shape index (κ1) is 12.5. The summed E-state index contributed by atoms with van der Waals surface area (Å²) < 4.78 is 18.1. The molecule has 2 atom stereocenters. The first-order valence-corrected chi connectivity index (χ1v) is 6.22. The van der Waals surface area contributed by atoms with Crippen molar-refractivity contribution in [1.29, 1.82) is 0 Å². The number of aliphatic hydroxyl groups excluding tert-OH is 1. The number of aromatic nitrogens is 2. The van der Waals surface area contributed by atoms with Gasteiger partial charge in [0, 0.05) is 12.1 Å². The van der Waals surface area contributed by atoms with E-state index in [4.69, 9.17) is 16.1 Å². The average molecular weight is 284 g/mol. The van der Waals surface area contributed by atoms with Gasteiger partial charge in [0.25, 0.3) is 0 Å². The number of benzene rings is 1. The maximum absolute atomic E-state index is 13.0. The molecule has 3 rings (SSSR count). The van der Waals surface area contributed by atoms with Crippen LogP contribution < -0.4 is 5.32 Å². The Labute approximate surface area is 113 Å². The number of halogens is 2. The van der Waals surface area contributed by atoms with Crippen LogP contribution in [0.3, 0.4) is 0 Å². The second-order valence-electron chi connectivity index (χ2n) is 4.43. The molecule has 2 heterocycles. The van der Waals surface area contributed by atoms with Crippen molar-refractivity contribution in [3.63, 3.8) is 0 Å². The molecule has 7 heteroatoms. The third-order valence-electron chi connectivity index (χ3n) is 3.02. The summed E-state index contributed by atoms with van der Waals surface area (Å²) in [5.41, 5.74) is 0.511. The van der Waals surface area contributed by atoms with Crippen molar-refractivity contribution in [2.75, 3.05) is 6.54 Å². The largest absolute Gasteiger partial charge is 0.392 e. The molecule has 2 aromatic rings. The van der Waals surface area contributed by atoms with Gasteiger partial charge in [-0.2, -0.15) is 4.98 Å². The van der Waals surface area contributed by atoms with E-state index in [2.05, 4.69) is 15.5 Å². The SMILES string of the molecule is O[C@H]1CN[C@@H](c2nc(-c3ccc(F)cc3Cl)no2)C1. The van der Waals surface area contributed by atoms with E-state index in [9.17, 15) is 9.50 Å². The van der Waals surface area contributed by atoms with Crippen LogP contribution in [0.1, 0.15) is 18.4 Å². The third-order valence-corrected chi connectivity index (χ3v) is 3.33. The van der Waals surface area contributed by atoms with Crippen molar-refractivity contribution < 1.29 is 14.0 Å². The van der Waals surface area contributed by atoms with E-state index in [0.29, 0.717) is 30.2 Å². The van der Waals surface area contributed by atoms with E-state index in [1.165, 1.54) is 18.2 Å². The van der Waals surface area contributed by atoms with E-state index in [0.717, 1.165) is 0 Å². The molecule has 0 saturated carbocycles. The van der Waals surface area contributed by atoms with Crippen molar-refractivity contribution >= 4 is 11.6 Å². The molecule has 2 N–H and O–H groups in total. The minimum Gasteiger partial charge on any atom is -0.392 e. The number of rotatable bonds is 2. The minimum atomic E-state index is -0.418. The molecule has 0 radical (unpaired) electrons. The van der Waals surface area contributed by atoms with Crippen LogP contribution in [0.4, 0.5) is 4.39 Å². The second kappa shape index (κ2) is 4.88. The van der Waals surface area contributed by atoms with Crippen molar-refractivity contribution in [3.05, 3.63) is 34.9 Å². The van der Waals surface area contributed by atoms with Crippen molar-refractivity contribution in [2.45, 2.75) is 18.6 Å². The van der Waals surface area contributed by atoms with Gasteiger partial charge < -0.3 is 14.9 Å². The Morgan fingerprint density at radius 1 is 1.47 bits per heavy atom. The monoisotopic (exact) mass is 283 g/mol. The van der Waals surface area contributed by atoms with Gasteiger partial charge in [-0.1, -0.05) is 16.8 Å². The molecule has 5 nitrogen and oxygen atoms in total. The fourth-order valence-electron chi connectivity index (χ4n) is 2.06. The molecule has 1 aromatic carbocycles. The van der Waals surface area contributed by atoms with Crippen LogP contribution in [0.15, 0.2) is 22.7 Å². The standard InChI is InChI=1S/C12H11ClFN3O2/c13-9-3-6(14)1-2-8(9)11-16-12(19-17-11)10-4-7(18)5-15-10/h1-3,7,10,15,18H,4-5H2/t7-,10-/m1/s1. The molecule has 1 fully saturated rings. The first-order valence-electron chi connectivity index (χ1n) is 5.84. The Hall–Kier alpha value is -1.50. The van der Waals surface area contributed by atoms with Crippen molar-refractivity contribution in [2.24, 2.45) is 0 Å². The van der Waals surface area contributed by atoms with E-state index in [1.807, 2.05) is 0 Å². The van der Waals surface area contributed by atoms with Gasteiger partial charge in [0.2, 0.25) is 11.7 Å². The molecule has 1 aliphatic heterocycles. The molecule has 0 aliphatic carbocycles. The summed E-state index contributed by atoms with van der Waals surface area (Å²) in [6.45, 7) is 0.500. The molecule has 100 valence electrons. The number of β-amino-alcohol motifs (C(OH)–C–C–N with tert-alkyl or cyclic N) is 1. The molecule has 0 bridgehead atoms. The minimum absolute atomic E-state index is 0.157. The number of hydrogen-bond donors (Lipinski definition) is 2. The number of nitrogens with zero attached hydrogens (tertiary/aromatic N) is 2. The molecule has 1 aromatic heterocycles. The zero-order chi connectivity index (χ0) is 13.4. The van der Waals surface area contributed by atoms with E-state index >= 15 is 0 Å². The Balaban J connectivity index is 1.88. The van der Waals surface area contributed by atoms with Crippen molar-refractivity contribution in [3.8, 4) is 11.4 Å². The lowest BCUT2D eigenvalue weighted by Crippen LogP contribution is -2.15. The Morgan fingerprint density at radius 3 is 3.00 bits per heavy atom. The fraction of sp³-hybridized carbons (Fsp3) is 0.333. The quantitative estimate of drug-likeness (QED) is 0.881. The summed E-state index contributed by atoms with van der Waals surface area (Å²) >= 11 is 5.94. The molecule has 1 saturated heterocycles. The summed E-state index contributed by atoms with van der Waals surface area (Å²) in [6.07, 6.45) is 0.119. The van der Waals surface area contributed by atoms with Crippen molar-refractivity contribution in [1.82, 2.24) is 15.5 Å². The van der Waals surface area contributed by atoms with Crippen LogP contribution in [-0.2, 0) is 0 Å². The third kappa shape index (κ3) is 2.47.